The SMILES string of the molecule is C1C[C@@H]2C[C@H](O1)O2. The monoisotopic (exact) mass is 100 g/mol. The van der Waals surface area contributed by atoms with Gasteiger partial charge in [-0.3, -0.25) is 0 Å². The molecule has 0 radical (unpaired) electrons. The van der Waals surface area contributed by atoms with Crippen molar-refractivity contribution in [1.29, 1.82) is 0 Å². The summed E-state index contributed by atoms with van der Waals surface area (Å²) in [5.74, 6) is 0. The molecule has 3 saturated heterocycles. The summed E-state index contributed by atoms with van der Waals surface area (Å²) in [7, 11) is 0. The van der Waals surface area contributed by atoms with Crippen molar-refractivity contribution in [3.63, 3.8) is 0 Å². The van der Waals surface area contributed by atoms with Gasteiger partial charge in [-0.25, -0.2) is 0 Å². The normalized spacial score (nSPS) is 48.0. The summed E-state index contributed by atoms with van der Waals surface area (Å²) in [5, 5.41) is 0. The molecule has 3 fully saturated rings. The average molecular weight is 100 g/mol. The topological polar surface area (TPSA) is 18.5 Å². The van der Waals surface area contributed by atoms with Gasteiger partial charge in [0.2, 0.25) is 0 Å². The van der Waals surface area contributed by atoms with Gasteiger partial charge in [0.25, 0.3) is 0 Å². The Morgan fingerprint density at radius 3 is 2.43 bits per heavy atom. The molecule has 2 atom stereocenters. The summed E-state index contributed by atoms with van der Waals surface area (Å²) in [6.07, 6.45) is 2.98. The lowest BCUT2D eigenvalue weighted by molar-refractivity contribution is -0.297. The van der Waals surface area contributed by atoms with Crippen LogP contribution in [0.15, 0.2) is 0 Å². The van der Waals surface area contributed by atoms with E-state index < -0.39 is 0 Å². The van der Waals surface area contributed by atoms with Gasteiger partial charge >= 0.3 is 0 Å². The summed E-state index contributed by atoms with van der Waals surface area (Å²) in [6.45, 7) is 0.912. The van der Waals surface area contributed by atoms with Crippen molar-refractivity contribution in [3.8, 4) is 0 Å². The molecule has 0 N–H and O–H groups in total. The van der Waals surface area contributed by atoms with E-state index in [1.54, 1.807) is 0 Å². The van der Waals surface area contributed by atoms with Crippen molar-refractivity contribution in [2.75, 3.05) is 6.61 Å². The van der Waals surface area contributed by atoms with Crippen LogP contribution in [-0.2, 0) is 9.47 Å². The molecule has 2 bridgehead atoms. The van der Waals surface area contributed by atoms with E-state index >= 15 is 0 Å². The molecule has 0 amide bonds. The zero-order valence-electron chi connectivity index (χ0n) is 4.09. The lowest BCUT2D eigenvalue weighted by Crippen LogP contribution is -2.45. The highest BCUT2D eigenvalue weighted by molar-refractivity contribution is 4.75. The Kier molecular flexibility index (Phi) is 0.664. The molecule has 0 aromatic heterocycles. The quantitative estimate of drug-likeness (QED) is 0.442. The minimum absolute atomic E-state index is 0.179. The zero-order valence-corrected chi connectivity index (χ0v) is 4.09. The molecule has 0 saturated carbocycles. The Balaban J connectivity index is 1.99. The van der Waals surface area contributed by atoms with Crippen LogP contribution < -0.4 is 0 Å². The number of fused-ring (bicyclic) bond motifs is 2. The lowest BCUT2D eigenvalue weighted by Gasteiger charge is -2.40. The predicted octanol–water partition coefficient (Wildman–Crippen LogP) is 0.522. The van der Waals surface area contributed by atoms with Gasteiger partial charge < -0.3 is 9.47 Å². The van der Waals surface area contributed by atoms with Gasteiger partial charge in [-0.15, -0.1) is 0 Å². The summed E-state index contributed by atoms with van der Waals surface area (Å²) >= 11 is 0. The first-order valence-corrected chi connectivity index (χ1v) is 2.72. The largest absolute Gasteiger partial charge is 0.352 e. The molecule has 0 spiro atoms. The Morgan fingerprint density at radius 2 is 2.29 bits per heavy atom. The molecule has 3 heterocycles. The van der Waals surface area contributed by atoms with E-state index in [1.807, 2.05) is 0 Å². The number of hydrogen-bond donors (Lipinski definition) is 0. The Bertz CT molecular complexity index is 62.6. The van der Waals surface area contributed by atoms with Gasteiger partial charge in [0.1, 0.15) is 0 Å². The zero-order chi connectivity index (χ0) is 4.69. The second-order valence-electron chi connectivity index (χ2n) is 2.08. The van der Waals surface area contributed by atoms with Crippen LogP contribution >= 0.6 is 0 Å². The number of hydrogen-bond acceptors (Lipinski definition) is 2. The van der Waals surface area contributed by atoms with E-state index in [0.29, 0.717) is 6.10 Å². The molecule has 0 aromatic rings. The van der Waals surface area contributed by atoms with Crippen molar-refractivity contribution in [1.82, 2.24) is 0 Å². The summed E-state index contributed by atoms with van der Waals surface area (Å²) < 4.78 is 10.3. The maximum atomic E-state index is 5.15. The molecule has 3 rings (SSSR count). The Hall–Kier alpha value is -0.0800. The van der Waals surface area contributed by atoms with Gasteiger partial charge in [-0.2, -0.15) is 0 Å². The minimum Gasteiger partial charge on any atom is -0.352 e. The molecule has 0 aromatic carbocycles. The van der Waals surface area contributed by atoms with Crippen LogP contribution in [0.2, 0.25) is 0 Å². The van der Waals surface area contributed by atoms with Gasteiger partial charge in [-0.1, -0.05) is 0 Å². The molecule has 0 unspecified atom stereocenters. The van der Waals surface area contributed by atoms with Crippen LogP contribution in [0.4, 0.5) is 0 Å². The number of rotatable bonds is 0. The summed E-state index contributed by atoms with van der Waals surface area (Å²) in [5.41, 5.74) is 0. The molecule has 0 aliphatic carbocycles. The van der Waals surface area contributed by atoms with Crippen LogP contribution in [-0.4, -0.2) is 19.0 Å². The first kappa shape index (κ1) is 3.87. The highest BCUT2D eigenvalue weighted by atomic mass is 16.7. The highest BCUT2D eigenvalue weighted by Gasteiger charge is 2.34. The maximum absolute atomic E-state index is 5.15. The second-order valence-corrected chi connectivity index (χ2v) is 2.08. The van der Waals surface area contributed by atoms with Crippen LogP contribution in [0.5, 0.6) is 0 Å². The van der Waals surface area contributed by atoms with Crippen LogP contribution in [0.3, 0.4) is 0 Å². The molecule has 7 heavy (non-hydrogen) atoms. The Labute approximate surface area is 42.4 Å². The minimum atomic E-state index is 0.179. The Morgan fingerprint density at radius 1 is 1.43 bits per heavy atom. The van der Waals surface area contributed by atoms with Gasteiger partial charge in [0.15, 0.2) is 6.29 Å². The third-order valence-corrected chi connectivity index (χ3v) is 1.54. The first-order chi connectivity index (χ1) is 3.45. The molecule has 2 nitrogen and oxygen atoms in total. The fourth-order valence-corrected chi connectivity index (χ4v) is 1.04. The van der Waals surface area contributed by atoms with Crippen molar-refractivity contribution in [3.05, 3.63) is 0 Å². The third-order valence-electron chi connectivity index (χ3n) is 1.54. The van der Waals surface area contributed by atoms with Gasteiger partial charge in [0.05, 0.1) is 12.7 Å². The van der Waals surface area contributed by atoms with Crippen molar-refractivity contribution < 1.29 is 9.47 Å². The summed E-state index contributed by atoms with van der Waals surface area (Å²) in [4.78, 5) is 0. The lowest BCUT2D eigenvalue weighted by atomic mass is 10.1. The van der Waals surface area contributed by atoms with E-state index in [4.69, 9.17) is 9.47 Å². The van der Waals surface area contributed by atoms with E-state index in [2.05, 4.69) is 0 Å². The van der Waals surface area contributed by atoms with E-state index in [9.17, 15) is 0 Å². The van der Waals surface area contributed by atoms with Crippen molar-refractivity contribution in [2.24, 2.45) is 0 Å². The molecule has 2 heteroatoms. The first-order valence-electron chi connectivity index (χ1n) is 2.72. The van der Waals surface area contributed by atoms with Crippen molar-refractivity contribution >= 4 is 0 Å². The predicted molar refractivity (Wildman–Crippen MR) is 23.8 cm³/mol. The van der Waals surface area contributed by atoms with Gasteiger partial charge in [-0.05, 0) is 6.42 Å². The molecule has 3 aliphatic rings. The molecular formula is C5H8O2. The number of ether oxygens (including phenoxy) is 2. The van der Waals surface area contributed by atoms with Crippen LogP contribution in [0, 0.1) is 0 Å². The van der Waals surface area contributed by atoms with Crippen LogP contribution in [0.1, 0.15) is 12.8 Å². The fourth-order valence-electron chi connectivity index (χ4n) is 1.04. The van der Waals surface area contributed by atoms with E-state index in [1.165, 1.54) is 0 Å². The van der Waals surface area contributed by atoms with Crippen molar-refractivity contribution in [2.45, 2.75) is 25.2 Å². The highest BCUT2D eigenvalue weighted by Crippen LogP contribution is 2.28. The second kappa shape index (κ2) is 1.20. The summed E-state index contributed by atoms with van der Waals surface area (Å²) in [6, 6.07) is 0. The standard InChI is InChI=1S/C5H8O2/c1-2-6-5-3-4(1)7-5/h4-5H,1-3H2/t4-,5-/m1/s1. The smallest absolute Gasteiger partial charge is 0.160 e. The van der Waals surface area contributed by atoms with Crippen LogP contribution in [0.25, 0.3) is 0 Å². The molecule has 40 valence electrons. The fraction of sp³-hybridized carbons (Fsp3) is 1.00. The average Bonchev–Trinajstić information content (AvgIpc) is 1.67. The van der Waals surface area contributed by atoms with E-state index in [0.717, 1.165) is 19.4 Å². The molecule has 3 aliphatic heterocycles. The van der Waals surface area contributed by atoms with E-state index in [-0.39, 0.29) is 6.29 Å². The molecular weight excluding hydrogens is 92.1 g/mol. The maximum Gasteiger partial charge on any atom is 0.160 e. The third kappa shape index (κ3) is 0.469. The van der Waals surface area contributed by atoms with Gasteiger partial charge in [0, 0.05) is 6.42 Å².